The molecule has 0 amide bonds. The van der Waals surface area contributed by atoms with Crippen LogP contribution in [0.4, 0.5) is 11.4 Å². The Bertz CT molecular complexity index is 918. The number of benzene rings is 2. The quantitative estimate of drug-likeness (QED) is 0.450. The number of rotatable bonds is 3. The number of hydrogen-bond donors (Lipinski definition) is 1. The molecule has 0 saturated heterocycles. The largest absolute Gasteiger partial charge is 0.426 e. The zero-order chi connectivity index (χ0) is 15.9. The number of hydrogen-bond acceptors (Lipinski definition) is 6. The van der Waals surface area contributed by atoms with Crippen LogP contribution in [0.25, 0.3) is 22.4 Å². The number of non-ortho nitro benzene ring substituents is 1. The molecule has 9 heteroatoms. The van der Waals surface area contributed by atoms with Crippen LogP contribution in [-0.2, 0) is 0 Å². The maximum absolute atomic E-state index is 11.1. The molecule has 3 aromatic rings. The Balaban J connectivity index is 2.27. The average Bonchev–Trinajstić information content (AvgIpc) is 2.83. The van der Waals surface area contributed by atoms with Gasteiger partial charge in [-0.1, -0.05) is 12.1 Å². The lowest BCUT2D eigenvalue weighted by molar-refractivity contribution is -0.384. The number of nitro groups is 2. The molecular weight excluding hydrogens is 292 g/mol. The molecule has 2 aromatic carbocycles. The van der Waals surface area contributed by atoms with E-state index in [1.165, 1.54) is 30.3 Å². The van der Waals surface area contributed by atoms with Gasteiger partial charge in [0.1, 0.15) is 5.52 Å². The highest BCUT2D eigenvalue weighted by atomic mass is 16.6. The third kappa shape index (κ3) is 2.00. The highest BCUT2D eigenvalue weighted by Gasteiger charge is 2.22. The maximum Gasteiger partial charge on any atom is 0.280 e. The lowest BCUT2D eigenvalue weighted by Crippen LogP contribution is -1.98. The minimum absolute atomic E-state index is 0.0530. The van der Waals surface area contributed by atoms with Gasteiger partial charge in [-0.2, -0.15) is 4.73 Å². The summed E-state index contributed by atoms with van der Waals surface area (Å²) in [6.45, 7) is 0. The van der Waals surface area contributed by atoms with Gasteiger partial charge in [-0.3, -0.25) is 20.2 Å². The van der Waals surface area contributed by atoms with Gasteiger partial charge in [-0.15, -0.1) is 0 Å². The van der Waals surface area contributed by atoms with Crippen molar-refractivity contribution in [2.24, 2.45) is 0 Å². The Hall–Kier alpha value is -3.49. The summed E-state index contributed by atoms with van der Waals surface area (Å²) in [5, 5.41) is 32.0. The second-order valence-corrected chi connectivity index (χ2v) is 4.45. The molecule has 110 valence electrons. The summed E-state index contributed by atoms with van der Waals surface area (Å²) in [5.41, 5.74) is 0.0804. The van der Waals surface area contributed by atoms with Crippen molar-refractivity contribution in [3.63, 3.8) is 0 Å². The predicted molar refractivity (Wildman–Crippen MR) is 75.7 cm³/mol. The van der Waals surface area contributed by atoms with E-state index in [1.807, 2.05) is 0 Å². The lowest BCUT2D eigenvalue weighted by Gasteiger charge is -2.02. The van der Waals surface area contributed by atoms with Crippen molar-refractivity contribution >= 4 is 22.4 Å². The Morgan fingerprint density at radius 2 is 1.77 bits per heavy atom. The fraction of sp³-hybridized carbons (Fsp3) is 0. The molecule has 0 aliphatic carbocycles. The van der Waals surface area contributed by atoms with Crippen LogP contribution in [0.1, 0.15) is 0 Å². The van der Waals surface area contributed by atoms with Gasteiger partial charge in [0.05, 0.1) is 20.9 Å². The van der Waals surface area contributed by atoms with Crippen LogP contribution < -0.4 is 0 Å². The third-order valence-electron chi connectivity index (χ3n) is 3.17. The van der Waals surface area contributed by atoms with Gasteiger partial charge in [0.2, 0.25) is 0 Å². The van der Waals surface area contributed by atoms with Crippen LogP contribution >= 0.6 is 0 Å². The standard InChI is InChI=1S/C13H8N4O5/c18-15-12-7-8(16(19)20)5-6-10(12)14-13(15)9-3-1-2-4-11(9)17(21)22/h1-7,18H. The van der Waals surface area contributed by atoms with Crippen LogP contribution in [0.15, 0.2) is 42.5 Å². The summed E-state index contributed by atoms with van der Waals surface area (Å²) in [6, 6.07) is 9.58. The van der Waals surface area contributed by atoms with Crippen LogP contribution in [0.3, 0.4) is 0 Å². The number of para-hydroxylation sites is 1. The first-order valence-electron chi connectivity index (χ1n) is 6.09. The van der Waals surface area contributed by atoms with E-state index < -0.39 is 9.85 Å². The fourth-order valence-corrected chi connectivity index (χ4v) is 2.16. The monoisotopic (exact) mass is 300 g/mol. The number of fused-ring (bicyclic) bond motifs is 1. The van der Waals surface area contributed by atoms with Crippen molar-refractivity contribution in [1.29, 1.82) is 0 Å². The highest BCUT2D eigenvalue weighted by molar-refractivity contribution is 5.83. The Kier molecular flexibility index (Phi) is 2.95. The lowest BCUT2D eigenvalue weighted by atomic mass is 10.2. The molecule has 0 saturated carbocycles. The van der Waals surface area contributed by atoms with E-state index in [9.17, 15) is 25.4 Å². The molecule has 0 spiro atoms. The van der Waals surface area contributed by atoms with Crippen molar-refractivity contribution in [2.75, 3.05) is 0 Å². The summed E-state index contributed by atoms with van der Waals surface area (Å²) in [4.78, 5) is 24.8. The van der Waals surface area contributed by atoms with Crippen LogP contribution in [-0.4, -0.2) is 24.8 Å². The maximum atomic E-state index is 11.1. The molecule has 0 atom stereocenters. The smallest absolute Gasteiger partial charge is 0.280 e. The van der Waals surface area contributed by atoms with E-state index in [0.29, 0.717) is 10.2 Å². The molecule has 0 radical (unpaired) electrons. The first-order valence-corrected chi connectivity index (χ1v) is 6.09. The van der Waals surface area contributed by atoms with E-state index in [2.05, 4.69) is 4.98 Å². The Morgan fingerprint density at radius 1 is 1.05 bits per heavy atom. The number of imidazole rings is 1. The molecular formula is C13H8N4O5. The highest BCUT2D eigenvalue weighted by Crippen LogP contribution is 2.31. The molecule has 0 fully saturated rings. The zero-order valence-electron chi connectivity index (χ0n) is 10.9. The van der Waals surface area contributed by atoms with Crippen LogP contribution in [0.2, 0.25) is 0 Å². The molecule has 9 nitrogen and oxygen atoms in total. The van der Waals surface area contributed by atoms with Gasteiger partial charge in [0, 0.05) is 18.2 Å². The summed E-state index contributed by atoms with van der Waals surface area (Å²) in [7, 11) is 0. The van der Waals surface area contributed by atoms with Crippen molar-refractivity contribution in [1.82, 2.24) is 9.71 Å². The number of nitro benzene ring substituents is 2. The average molecular weight is 300 g/mol. The normalized spacial score (nSPS) is 10.7. The SMILES string of the molecule is O=[N+]([O-])c1ccc2nc(-c3ccccc3[N+](=O)[O-])n(O)c2c1. The van der Waals surface area contributed by atoms with Gasteiger partial charge in [0.25, 0.3) is 11.4 Å². The molecule has 0 aliphatic rings. The van der Waals surface area contributed by atoms with Crippen LogP contribution in [0, 0.1) is 20.2 Å². The minimum atomic E-state index is -0.600. The Morgan fingerprint density at radius 3 is 2.45 bits per heavy atom. The van der Waals surface area contributed by atoms with Gasteiger partial charge in [-0.05, 0) is 12.1 Å². The molecule has 1 heterocycles. The summed E-state index contributed by atoms with van der Waals surface area (Å²) in [6.07, 6.45) is 0. The van der Waals surface area contributed by atoms with E-state index in [1.54, 1.807) is 6.07 Å². The summed E-state index contributed by atoms with van der Waals surface area (Å²) >= 11 is 0. The second kappa shape index (κ2) is 4.81. The number of aromatic nitrogens is 2. The van der Waals surface area contributed by atoms with Crippen molar-refractivity contribution in [3.8, 4) is 11.4 Å². The van der Waals surface area contributed by atoms with Gasteiger partial charge in [0.15, 0.2) is 5.82 Å². The first-order chi connectivity index (χ1) is 10.5. The molecule has 0 unspecified atom stereocenters. The minimum Gasteiger partial charge on any atom is -0.426 e. The third-order valence-corrected chi connectivity index (χ3v) is 3.17. The van der Waals surface area contributed by atoms with Gasteiger partial charge < -0.3 is 5.21 Å². The Labute approximate surface area is 122 Å². The predicted octanol–water partition coefficient (Wildman–Crippen LogP) is 2.76. The molecule has 1 aromatic heterocycles. The summed E-state index contributed by atoms with van der Waals surface area (Å²) < 4.78 is 0.616. The number of nitrogens with zero attached hydrogens (tertiary/aromatic N) is 4. The first kappa shape index (κ1) is 13.5. The van der Waals surface area contributed by atoms with Gasteiger partial charge >= 0.3 is 0 Å². The van der Waals surface area contributed by atoms with E-state index in [-0.39, 0.29) is 28.3 Å². The van der Waals surface area contributed by atoms with E-state index in [0.717, 1.165) is 6.07 Å². The van der Waals surface area contributed by atoms with E-state index >= 15 is 0 Å². The topological polar surface area (TPSA) is 124 Å². The molecule has 0 aliphatic heterocycles. The molecule has 22 heavy (non-hydrogen) atoms. The fourth-order valence-electron chi connectivity index (χ4n) is 2.16. The second-order valence-electron chi connectivity index (χ2n) is 4.45. The molecule has 0 bridgehead atoms. The van der Waals surface area contributed by atoms with Crippen molar-refractivity contribution < 1.29 is 15.1 Å². The zero-order valence-corrected chi connectivity index (χ0v) is 10.9. The van der Waals surface area contributed by atoms with Gasteiger partial charge in [-0.25, -0.2) is 4.98 Å². The van der Waals surface area contributed by atoms with Crippen molar-refractivity contribution in [2.45, 2.75) is 0 Å². The van der Waals surface area contributed by atoms with Crippen LogP contribution in [0.5, 0.6) is 0 Å². The van der Waals surface area contributed by atoms with E-state index in [4.69, 9.17) is 0 Å². The molecule has 3 rings (SSSR count). The summed E-state index contributed by atoms with van der Waals surface area (Å²) in [5.74, 6) is -0.0530. The van der Waals surface area contributed by atoms with Crippen molar-refractivity contribution in [3.05, 3.63) is 62.7 Å². The molecule has 1 N–H and O–H groups in total.